The molecular weight excluding hydrogens is 482 g/mol. The van der Waals surface area contributed by atoms with Crippen LogP contribution in [-0.2, 0) is 9.59 Å². The molecule has 0 atom stereocenters. The van der Waals surface area contributed by atoms with Crippen LogP contribution in [0.4, 0.5) is 17.1 Å². The number of carbonyl (C=O) groups excluding carboxylic acids is 3. The van der Waals surface area contributed by atoms with Crippen LogP contribution < -0.4 is 24.6 Å². The minimum absolute atomic E-state index is 0.0786. The highest BCUT2D eigenvalue weighted by Crippen LogP contribution is 2.38. The highest BCUT2D eigenvalue weighted by Gasteiger charge is 2.40. The van der Waals surface area contributed by atoms with Crippen LogP contribution >= 0.6 is 11.6 Å². The molecule has 1 aliphatic rings. The zero-order valence-electron chi connectivity index (χ0n) is 19.9. The van der Waals surface area contributed by atoms with Gasteiger partial charge in [0.05, 0.1) is 19.9 Å². The van der Waals surface area contributed by atoms with E-state index in [1.54, 1.807) is 41.3 Å². The van der Waals surface area contributed by atoms with Gasteiger partial charge in [-0.3, -0.25) is 14.4 Å². The third-order valence-electron chi connectivity index (χ3n) is 5.68. The molecule has 3 amide bonds. The first-order chi connectivity index (χ1) is 17.4. The van der Waals surface area contributed by atoms with Gasteiger partial charge in [-0.15, -0.1) is 0 Å². The fourth-order valence-electron chi connectivity index (χ4n) is 3.85. The second kappa shape index (κ2) is 10.5. The summed E-state index contributed by atoms with van der Waals surface area (Å²) in [5, 5.41) is 2.66. The predicted molar refractivity (Wildman–Crippen MR) is 139 cm³/mol. The molecule has 0 saturated heterocycles. The summed E-state index contributed by atoms with van der Waals surface area (Å²) in [6.45, 7) is 2.41. The zero-order chi connectivity index (χ0) is 25.8. The number of halogens is 1. The number of para-hydroxylation sites is 1. The highest BCUT2D eigenvalue weighted by atomic mass is 35.5. The summed E-state index contributed by atoms with van der Waals surface area (Å²) in [5.74, 6) is -0.733. The van der Waals surface area contributed by atoms with Gasteiger partial charge in [0, 0.05) is 29.5 Å². The second-order valence-electron chi connectivity index (χ2n) is 7.76. The number of imide groups is 1. The monoisotopic (exact) mass is 505 g/mol. The van der Waals surface area contributed by atoms with Gasteiger partial charge in [0.15, 0.2) is 0 Å². The average molecular weight is 506 g/mol. The maximum Gasteiger partial charge on any atom is 0.283 e. The summed E-state index contributed by atoms with van der Waals surface area (Å²) < 4.78 is 10.5. The topological polar surface area (TPSA) is 88.2 Å². The third-order valence-corrected chi connectivity index (χ3v) is 6.04. The lowest BCUT2D eigenvalue weighted by molar-refractivity contribution is -0.120. The van der Waals surface area contributed by atoms with Crippen LogP contribution in [0.2, 0.25) is 0 Å². The molecule has 0 bridgehead atoms. The van der Waals surface area contributed by atoms with E-state index in [-0.39, 0.29) is 22.3 Å². The van der Waals surface area contributed by atoms with E-state index in [1.807, 2.05) is 37.3 Å². The van der Waals surface area contributed by atoms with Crippen LogP contribution in [0, 0.1) is 0 Å². The number of carbonyl (C=O) groups is 3. The number of hydrogen-bond acceptors (Lipinski definition) is 6. The van der Waals surface area contributed by atoms with Crippen LogP contribution in [0.25, 0.3) is 0 Å². The van der Waals surface area contributed by atoms with E-state index in [9.17, 15) is 14.4 Å². The Labute approximate surface area is 213 Å². The van der Waals surface area contributed by atoms with Crippen molar-refractivity contribution in [2.45, 2.75) is 6.92 Å². The minimum Gasteiger partial charge on any atom is -0.497 e. The number of nitrogens with zero attached hydrogens (tertiary/aromatic N) is 2. The summed E-state index contributed by atoms with van der Waals surface area (Å²) in [5.41, 5.74) is 1.90. The number of hydrogen-bond donors (Lipinski definition) is 1. The van der Waals surface area contributed by atoms with Gasteiger partial charge in [0.2, 0.25) is 0 Å². The lowest BCUT2D eigenvalue weighted by Crippen LogP contribution is -2.32. The number of rotatable bonds is 8. The number of benzene rings is 3. The smallest absolute Gasteiger partial charge is 0.283 e. The van der Waals surface area contributed by atoms with Crippen LogP contribution in [0.1, 0.15) is 17.3 Å². The molecule has 1 aliphatic heterocycles. The fraction of sp³-hybridized carbons (Fsp3) is 0.148. The van der Waals surface area contributed by atoms with E-state index in [0.717, 1.165) is 10.6 Å². The van der Waals surface area contributed by atoms with E-state index in [0.29, 0.717) is 29.3 Å². The third kappa shape index (κ3) is 4.63. The van der Waals surface area contributed by atoms with Gasteiger partial charge in [-0.05, 0) is 55.5 Å². The Bertz CT molecular complexity index is 1340. The van der Waals surface area contributed by atoms with Gasteiger partial charge in [-0.2, -0.15) is 0 Å². The fourth-order valence-corrected chi connectivity index (χ4v) is 4.06. The molecule has 184 valence electrons. The van der Waals surface area contributed by atoms with Gasteiger partial charge in [0.25, 0.3) is 17.7 Å². The largest absolute Gasteiger partial charge is 0.497 e. The lowest BCUT2D eigenvalue weighted by Gasteiger charge is -2.21. The molecular formula is C27H24ClN3O5. The van der Waals surface area contributed by atoms with Crippen molar-refractivity contribution in [3.8, 4) is 11.5 Å². The van der Waals surface area contributed by atoms with Crippen molar-refractivity contribution in [3.63, 3.8) is 0 Å². The molecule has 0 aliphatic carbocycles. The quantitative estimate of drug-likeness (QED) is 0.442. The molecule has 0 unspecified atom stereocenters. The molecule has 1 heterocycles. The minimum atomic E-state index is -0.691. The van der Waals surface area contributed by atoms with Crippen molar-refractivity contribution in [1.82, 2.24) is 0 Å². The Kier molecular flexibility index (Phi) is 7.26. The van der Waals surface area contributed by atoms with Crippen molar-refractivity contribution >= 4 is 46.4 Å². The highest BCUT2D eigenvalue weighted by molar-refractivity contribution is 6.53. The number of anilines is 3. The molecule has 36 heavy (non-hydrogen) atoms. The molecule has 3 aromatic carbocycles. The second-order valence-corrected chi connectivity index (χ2v) is 8.14. The molecule has 3 aromatic rings. The van der Waals surface area contributed by atoms with Gasteiger partial charge in [-0.1, -0.05) is 29.8 Å². The summed E-state index contributed by atoms with van der Waals surface area (Å²) in [4.78, 5) is 41.7. The van der Waals surface area contributed by atoms with Gasteiger partial charge >= 0.3 is 0 Å². The first-order valence-corrected chi connectivity index (χ1v) is 11.5. The molecule has 0 aromatic heterocycles. The number of nitrogens with one attached hydrogen (secondary N) is 1. The Morgan fingerprint density at radius 1 is 0.944 bits per heavy atom. The van der Waals surface area contributed by atoms with Crippen molar-refractivity contribution in [2.24, 2.45) is 0 Å². The van der Waals surface area contributed by atoms with Crippen molar-refractivity contribution < 1.29 is 23.9 Å². The molecule has 0 saturated carbocycles. The van der Waals surface area contributed by atoms with Crippen LogP contribution in [0.3, 0.4) is 0 Å². The van der Waals surface area contributed by atoms with Gasteiger partial charge in [0.1, 0.15) is 22.2 Å². The predicted octanol–water partition coefficient (Wildman–Crippen LogP) is 4.81. The lowest BCUT2D eigenvalue weighted by atomic mass is 10.1. The Morgan fingerprint density at radius 3 is 2.25 bits per heavy atom. The standard InChI is InChI=1S/C27H24ClN3O5/c1-4-30(19-8-6-5-7-9-19)25(32)17-10-12-18(13-11-17)29-24-23(28)26(33)31(27(24)34)21-16-20(35-2)14-15-22(21)36-3/h5-16,29H,4H2,1-3H3. The van der Waals surface area contributed by atoms with E-state index in [4.69, 9.17) is 21.1 Å². The van der Waals surface area contributed by atoms with Crippen LogP contribution in [-0.4, -0.2) is 38.5 Å². The average Bonchev–Trinajstić information content (AvgIpc) is 3.12. The Hall–Kier alpha value is -4.30. The summed E-state index contributed by atoms with van der Waals surface area (Å²) in [6.07, 6.45) is 0. The van der Waals surface area contributed by atoms with Crippen LogP contribution in [0.5, 0.6) is 11.5 Å². The number of methoxy groups -OCH3 is 2. The zero-order valence-corrected chi connectivity index (χ0v) is 20.7. The Morgan fingerprint density at radius 2 is 1.64 bits per heavy atom. The normalized spacial score (nSPS) is 13.2. The summed E-state index contributed by atoms with van der Waals surface area (Å²) >= 11 is 6.27. The van der Waals surface area contributed by atoms with E-state index >= 15 is 0 Å². The maximum atomic E-state index is 13.2. The first kappa shape index (κ1) is 24.8. The van der Waals surface area contributed by atoms with Crippen molar-refractivity contribution in [3.05, 3.63) is 89.1 Å². The number of amides is 3. The molecule has 8 nitrogen and oxygen atoms in total. The number of ether oxygens (including phenoxy) is 2. The van der Waals surface area contributed by atoms with E-state index < -0.39 is 11.8 Å². The van der Waals surface area contributed by atoms with E-state index in [1.165, 1.54) is 20.3 Å². The van der Waals surface area contributed by atoms with Gasteiger partial charge < -0.3 is 19.7 Å². The van der Waals surface area contributed by atoms with Crippen molar-refractivity contribution in [1.29, 1.82) is 0 Å². The van der Waals surface area contributed by atoms with Crippen molar-refractivity contribution in [2.75, 3.05) is 35.9 Å². The van der Waals surface area contributed by atoms with Crippen LogP contribution in [0.15, 0.2) is 83.5 Å². The molecule has 4 rings (SSSR count). The molecule has 9 heteroatoms. The molecule has 0 spiro atoms. The molecule has 0 fully saturated rings. The maximum absolute atomic E-state index is 13.2. The summed E-state index contributed by atoms with van der Waals surface area (Å²) in [7, 11) is 2.91. The van der Waals surface area contributed by atoms with E-state index in [2.05, 4.69) is 5.32 Å². The SMILES string of the molecule is CCN(C(=O)c1ccc(NC2=C(Cl)C(=O)N(c3cc(OC)ccc3OC)C2=O)cc1)c1ccccc1. The van der Waals surface area contributed by atoms with Gasteiger partial charge in [-0.25, -0.2) is 4.90 Å². The molecule has 0 radical (unpaired) electrons. The summed E-state index contributed by atoms with van der Waals surface area (Å²) in [6, 6.07) is 20.8. The molecule has 1 N–H and O–H groups in total. The first-order valence-electron chi connectivity index (χ1n) is 11.1. The Balaban J connectivity index is 1.55.